The minimum Gasteiger partial charge on any atom is -0.444 e. The van der Waals surface area contributed by atoms with Gasteiger partial charge in [-0.05, 0) is 20.8 Å². The average molecular weight is 347 g/mol. The Kier molecular flexibility index (Phi) is 8.72. The van der Waals surface area contributed by atoms with Gasteiger partial charge in [0.15, 0.2) is 0 Å². The second-order valence-electron chi connectivity index (χ2n) is 6.43. The number of ether oxygens (including phenoxy) is 1. The van der Waals surface area contributed by atoms with Gasteiger partial charge in [-0.3, -0.25) is 9.69 Å². The number of aliphatic hydroxyl groups excluding tert-OH is 1. The number of aliphatic hydroxyl groups is 1. The molecule has 0 atom stereocenters. The van der Waals surface area contributed by atoms with E-state index in [1.807, 2.05) is 25.7 Å². The summed E-state index contributed by atoms with van der Waals surface area (Å²) in [7, 11) is 0. The Hall–Kier alpha value is -0.990. The van der Waals surface area contributed by atoms with Gasteiger partial charge < -0.3 is 20.1 Å². The van der Waals surface area contributed by atoms with Crippen molar-refractivity contribution in [2.24, 2.45) is 0 Å². The highest BCUT2D eigenvalue weighted by Crippen LogP contribution is 2.08. The predicted molar refractivity (Wildman–Crippen MR) is 91.7 cm³/mol. The zero-order valence-corrected chi connectivity index (χ0v) is 15.2. The van der Waals surface area contributed by atoms with Crippen LogP contribution in [0.15, 0.2) is 0 Å². The fraction of sp³-hybridized carbons (Fsp3) is 0.867. The summed E-state index contributed by atoms with van der Waals surface area (Å²) in [5.41, 5.74) is -0.495. The molecule has 1 aliphatic heterocycles. The second kappa shape index (κ2) is 10.00. The molecule has 0 radical (unpaired) electrons. The highest BCUT2D eigenvalue weighted by Gasteiger charge is 2.20. The highest BCUT2D eigenvalue weighted by atomic mass is 32.2. The molecule has 0 unspecified atom stereocenters. The number of carbonyl (C=O) groups excluding carboxylic acids is 2. The van der Waals surface area contributed by atoms with Crippen LogP contribution in [0.25, 0.3) is 0 Å². The SMILES string of the molecule is CC(C)(C)OC(=O)NCCSCC(=O)N1CCN(CCO)CC1. The standard InChI is InChI=1S/C15H29N3O4S/c1-15(2,3)22-14(21)16-4-11-23-12-13(20)18-7-5-17(6-8-18)9-10-19/h19H,4-12H2,1-3H3,(H,16,21). The quantitative estimate of drug-likeness (QED) is 0.648. The van der Waals surface area contributed by atoms with Crippen molar-refractivity contribution in [2.75, 3.05) is 57.4 Å². The molecule has 23 heavy (non-hydrogen) atoms. The lowest BCUT2D eigenvalue weighted by Gasteiger charge is -2.34. The van der Waals surface area contributed by atoms with Crippen LogP contribution in [0, 0.1) is 0 Å². The molecule has 0 spiro atoms. The van der Waals surface area contributed by atoms with Crippen LogP contribution in [0.1, 0.15) is 20.8 Å². The molecule has 1 fully saturated rings. The summed E-state index contributed by atoms with van der Waals surface area (Å²) in [5, 5.41) is 11.6. The number of nitrogens with one attached hydrogen (secondary N) is 1. The van der Waals surface area contributed by atoms with Crippen LogP contribution in [0.4, 0.5) is 4.79 Å². The summed E-state index contributed by atoms with van der Waals surface area (Å²) in [6, 6.07) is 0. The van der Waals surface area contributed by atoms with Gasteiger partial charge in [-0.15, -0.1) is 0 Å². The molecular weight excluding hydrogens is 318 g/mol. The van der Waals surface area contributed by atoms with Crippen LogP contribution >= 0.6 is 11.8 Å². The van der Waals surface area contributed by atoms with Crippen molar-refractivity contribution in [1.29, 1.82) is 0 Å². The van der Waals surface area contributed by atoms with Crippen LogP contribution in [0.3, 0.4) is 0 Å². The third kappa shape index (κ3) is 9.02. The van der Waals surface area contributed by atoms with E-state index in [0.717, 1.165) is 26.2 Å². The Balaban J connectivity index is 2.08. The summed E-state index contributed by atoms with van der Waals surface area (Å²) in [4.78, 5) is 27.5. The van der Waals surface area contributed by atoms with Crippen molar-refractivity contribution in [2.45, 2.75) is 26.4 Å². The van der Waals surface area contributed by atoms with Crippen LogP contribution < -0.4 is 5.32 Å². The minimum absolute atomic E-state index is 0.135. The fourth-order valence-corrected chi connectivity index (χ4v) is 2.90. The molecule has 0 aromatic carbocycles. The molecule has 0 aliphatic carbocycles. The Bertz CT molecular complexity index is 379. The van der Waals surface area contributed by atoms with E-state index in [0.29, 0.717) is 24.6 Å². The summed E-state index contributed by atoms with van der Waals surface area (Å²) >= 11 is 1.51. The molecule has 0 aromatic rings. The number of nitrogens with zero attached hydrogens (tertiary/aromatic N) is 2. The number of amides is 2. The Morgan fingerprint density at radius 1 is 1.22 bits per heavy atom. The lowest BCUT2D eigenvalue weighted by Crippen LogP contribution is -2.49. The van der Waals surface area contributed by atoms with Gasteiger partial charge in [0.05, 0.1) is 12.4 Å². The third-order valence-electron chi connectivity index (χ3n) is 3.28. The second-order valence-corrected chi connectivity index (χ2v) is 7.53. The van der Waals surface area contributed by atoms with E-state index in [2.05, 4.69) is 10.2 Å². The van der Waals surface area contributed by atoms with E-state index < -0.39 is 11.7 Å². The largest absolute Gasteiger partial charge is 0.444 e. The molecule has 1 rings (SSSR count). The first kappa shape index (κ1) is 20.1. The lowest BCUT2D eigenvalue weighted by molar-refractivity contribution is -0.130. The van der Waals surface area contributed by atoms with Gasteiger partial charge in [0.1, 0.15) is 5.60 Å². The van der Waals surface area contributed by atoms with E-state index in [1.54, 1.807) is 0 Å². The lowest BCUT2D eigenvalue weighted by atomic mass is 10.2. The van der Waals surface area contributed by atoms with E-state index >= 15 is 0 Å². The molecule has 2 N–H and O–H groups in total. The van der Waals surface area contributed by atoms with Crippen molar-refractivity contribution in [3.63, 3.8) is 0 Å². The van der Waals surface area contributed by atoms with Crippen molar-refractivity contribution >= 4 is 23.8 Å². The van der Waals surface area contributed by atoms with Gasteiger partial charge in [0, 0.05) is 45.0 Å². The molecule has 0 aromatic heterocycles. The van der Waals surface area contributed by atoms with Crippen molar-refractivity contribution in [3.8, 4) is 0 Å². The van der Waals surface area contributed by atoms with Gasteiger partial charge in [-0.1, -0.05) is 0 Å². The summed E-state index contributed by atoms with van der Waals surface area (Å²) < 4.78 is 5.13. The van der Waals surface area contributed by atoms with Gasteiger partial charge >= 0.3 is 6.09 Å². The highest BCUT2D eigenvalue weighted by molar-refractivity contribution is 7.99. The Morgan fingerprint density at radius 3 is 2.43 bits per heavy atom. The molecule has 1 saturated heterocycles. The van der Waals surface area contributed by atoms with Crippen LogP contribution in [-0.2, 0) is 9.53 Å². The summed E-state index contributed by atoms with van der Waals surface area (Å²) in [5.74, 6) is 1.24. The van der Waals surface area contributed by atoms with Crippen molar-refractivity contribution in [1.82, 2.24) is 15.1 Å². The molecule has 0 saturated carbocycles. The van der Waals surface area contributed by atoms with Gasteiger partial charge in [-0.25, -0.2) is 4.79 Å². The topological polar surface area (TPSA) is 82.1 Å². The zero-order valence-electron chi connectivity index (χ0n) is 14.3. The first-order valence-corrected chi connectivity index (χ1v) is 9.13. The molecule has 134 valence electrons. The maximum atomic E-state index is 12.1. The number of carbonyl (C=O) groups is 2. The first-order valence-electron chi connectivity index (χ1n) is 7.97. The third-order valence-corrected chi connectivity index (χ3v) is 4.23. The van der Waals surface area contributed by atoms with Crippen molar-refractivity contribution < 1.29 is 19.4 Å². The molecule has 1 aliphatic rings. The number of hydrogen-bond acceptors (Lipinski definition) is 6. The number of thioether (sulfide) groups is 1. The van der Waals surface area contributed by atoms with E-state index in [1.165, 1.54) is 11.8 Å². The zero-order chi connectivity index (χ0) is 17.3. The molecule has 8 heteroatoms. The monoisotopic (exact) mass is 347 g/mol. The number of alkyl carbamates (subject to hydrolysis) is 1. The summed E-state index contributed by atoms with van der Waals surface area (Å²) in [6.45, 7) is 9.85. The van der Waals surface area contributed by atoms with Gasteiger partial charge in [0.25, 0.3) is 0 Å². The van der Waals surface area contributed by atoms with Crippen LogP contribution in [0.5, 0.6) is 0 Å². The molecule has 0 bridgehead atoms. The first-order chi connectivity index (χ1) is 10.8. The number of piperazine rings is 1. The van der Waals surface area contributed by atoms with Gasteiger partial charge in [0.2, 0.25) is 5.91 Å². The van der Waals surface area contributed by atoms with E-state index in [-0.39, 0.29) is 12.5 Å². The van der Waals surface area contributed by atoms with Crippen molar-refractivity contribution in [3.05, 3.63) is 0 Å². The predicted octanol–water partition coefficient (Wildman–Crippen LogP) is 0.381. The number of β-amino-alcohol motifs (C(OH)–C–C–N with tert-alkyl or cyclic N) is 1. The van der Waals surface area contributed by atoms with E-state index in [4.69, 9.17) is 9.84 Å². The number of rotatable bonds is 7. The Labute approximate surface area is 142 Å². The molecule has 7 nitrogen and oxygen atoms in total. The van der Waals surface area contributed by atoms with Crippen LogP contribution in [-0.4, -0.2) is 89.9 Å². The maximum Gasteiger partial charge on any atom is 0.407 e. The van der Waals surface area contributed by atoms with Crippen LogP contribution in [0.2, 0.25) is 0 Å². The fourth-order valence-electron chi connectivity index (χ4n) is 2.15. The molecule has 1 heterocycles. The molecule has 2 amide bonds. The average Bonchev–Trinajstić information content (AvgIpc) is 2.46. The van der Waals surface area contributed by atoms with E-state index in [9.17, 15) is 9.59 Å². The maximum absolute atomic E-state index is 12.1. The smallest absolute Gasteiger partial charge is 0.407 e. The summed E-state index contributed by atoms with van der Waals surface area (Å²) in [6.07, 6.45) is -0.426. The van der Waals surface area contributed by atoms with Gasteiger partial charge in [-0.2, -0.15) is 11.8 Å². The minimum atomic E-state index is -0.495. The normalized spacial score (nSPS) is 16.3. The Morgan fingerprint density at radius 2 is 1.87 bits per heavy atom. The molecular formula is C15H29N3O4S. The number of hydrogen-bond donors (Lipinski definition) is 2.